The van der Waals surface area contributed by atoms with E-state index in [9.17, 15) is 14.0 Å². The van der Waals surface area contributed by atoms with Gasteiger partial charge in [0.25, 0.3) is 5.91 Å². The summed E-state index contributed by atoms with van der Waals surface area (Å²) >= 11 is 1.29. The van der Waals surface area contributed by atoms with Gasteiger partial charge in [0, 0.05) is 18.8 Å². The standard InChI is InChI=1S/C24H24FN5O2S/c1-3-13-30-22(16(2)26-23(32)18-9-5-6-10-19(18)25)27-28-24(30)33-15-21(31)29-14-12-17-8-4-7-11-20(17)29/h3-11,16H,1,12-15H2,2H3,(H,26,32)/t16-/m1/s1. The number of hydrogen-bond donors (Lipinski definition) is 1. The van der Waals surface area contributed by atoms with Crippen LogP contribution in [0.25, 0.3) is 0 Å². The first-order valence-electron chi connectivity index (χ1n) is 10.6. The summed E-state index contributed by atoms with van der Waals surface area (Å²) in [5.74, 6) is -0.417. The predicted molar refractivity (Wildman–Crippen MR) is 126 cm³/mol. The van der Waals surface area contributed by atoms with Crippen LogP contribution in [0.3, 0.4) is 0 Å². The number of nitrogens with one attached hydrogen (secondary N) is 1. The van der Waals surface area contributed by atoms with Crippen molar-refractivity contribution in [3.8, 4) is 0 Å². The maximum absolute atomic E-state index is 13.9. The third-order valence-corrected chi connectivity index (χ3v) is 6.37. The number of allylic oxidation sites excluding steroid dienone is 1. The number of benzene rings is 2. The zero-order chi connectivity index (χ0) is 23.4. The fourth-order valence-electron chi connectivity index (χ4n) is 3.81. The Morgan fingerprint density at radius 3 is 2.76 bits per heavy atom. The molecule has 0 saturated carbocycles. The van der Waals surface area contributed by atoms with E-state index in [1.807, 2.05) is 24.3 Å². The summed E-state index contributed by atoms with van der Waals surface area (Å²) in [5, 5.41) is 11.8. The second-order valence-electron chi connectivity index (χ2n) is 7.63. The maximum atomic E-state index is 13.9. The molecule has 2 aromatic carbocycles. The van der Waals surface area contributed by atoms with Gasteiger partial charge in [0.1, 0.15) is 5.82 Å². The largest absolute Gasteiger partial charge is 0.342 e. The number of carbonyl (C=O) groups excluding carboxylic acids is 2. The van der Waals surface area contributed by atoms with E-state index in [1.165, 1.54) is 35.5 Å². The normalized spacial score (nSPS) is 13.5. The summed E-state index contributed by atoms with van der Waals surface area (Å²) in [6, 6.07) is 13.2. The second kappa shape index (κ2) is 9.99. The number of carbonyl (C=O) groups is 2. The number of fused-ring (bicyclic) bond motifs is 1. The zero-order valence-electron chi connectivity index (χ0n) is 18.2. The lowest BCUT2D eigenvalue weighted by molar-refractivity contribution is -0.116. The molecular weight excluding hydrogens is 441 g/mol. The molecule has 0 spiro atoms. The molecule has 1 atom stereocenters. The molecule has 170 valence electrons. The van der Waals surface area contributed by atoms with E-state index < -0.39 is 17.8 Å². The third kappa shape index (κ3) is 4.83. The maximum Gasteiger partial charge on any atom is 0.254 e. The minimum absolute atomic E-state index is 0.000516. The topological polar surface area (TPSA) is 80.1 Å². The Bertz CT molecular complexity index is 1200. The minimum atomic E-state index is -0.590. The molecule has 1 N–H and O–H groups in total. The Kier molecular flexibility index (Phi) is 6.88. The fourth-order valence-corrected chi connectivity index (χ4v) is 4.64. The smallest absolute Gasteiger partial charge is 0.254 e. The minimum Gasteiger partial charge on any atom is -0.342 e. The van der Waals surface area contributed by atoms with Gasteiger partial charge in [-0.25, -0.2) is 4.39 Å². The first-order chi connectivity index (χ1) is 16.0. The Hall–Kier alpha value is -3.46. The van der Waals surface area contributed by atoms with Crippen molar-refractivity contribution >= 4 is 29.3 Å². The average Bonchev–Trinajstić information content (AvgIpc) is 3.42. The summed E-state index contributed by atoms with van der Waals surface area (Å²) in [5.41, 5.74) is 2.10. The molecule has 3 aromatic rings. The molecule has 1 aliphatic rings. The van der Waals surface area contributed by atoms with Crippen LogP contribution in [-0.4, -0.2) is 38.9 Å². The fraction of sp³-hybridized carbons (Fsp3) is 0.250. The van der Waals surface area contributed by atoms with Crippen molar-refractivity contribution in [1.29, 1.82) is 0 Å². The van der Waals surface area contributed by atoms with Crippen molar-refractivity contribution in [2.24, 2.45) is 0 Å². The highest BCUT2D eigenvalue weighted by molar-refractivity contribution is 7.99. The SMILES string of the molecule is C=CCn1c(SCC(=O)N2CCc3ccccc32)nnc1[C@@H](C)NC(=O)c1ccccc1F. The van der Waals surface area contributed by atoms with Gasteiger partial charge in [-0.15, -0.1) is 16.8 Å². The van der Waals surface area contributed by atoms with Crippen LogP contribution < -0.4 is 10.2 Å². The molecule has 33 heavy (non-hydrogen) atoms. The van der Waals surface area contributed by atoms with E-state index in [0.29, 0.717) is 24.1 Å². The molecule has 2 amide bonds. The van der Waals surface area contributed by atoms with Gasteiger partial charge < -0.3 is 14.8 Å². The molecule has 1 aromatic heterocycles. The van der Waals surface area contributed by atoms with Crippen molar-refractivity contribution in [3.63, 3.8) is 0 Å². The van der Waals surface area contributed by atoms with Crippen LogP contribution in [0.5, 0.6) is 0 Å². The Balaban J connectivity index is 1.45. The number of aromatic nitrogens is 3. The van der Waals surface area contributed by atoms with Crippen LogP contribution in [-0.2, 0) is 17.8 Å². The summed E-state index contributed by atoms with van der Waals surface area (Å²) in [7, 11) is 0. The number of halogens is 1. The summed E-state index contributed by atoms with van der Waals surface area (Å²) in [4.78, 5) is 27.2. The summed E-state index contributed by atoms with van der Waals surface area (Å²) in [6.45, 7) is 6.61. The molecule has 0 radical (unpaired) electrons. The number of amides is 2. The Morgan fingerprint density at radius 2 is 1.97 bits per heavy atom. The lowest BCUT2D eigenvalue weighted by Crippen LogP contribution is -2.30. The van der Waals surface area contributed by atoms with E-state index in [4.69, 9.17) is 0 Å². The van der Waals surface area contributed by atoms with Crippen LogP contribution in [0.15, 0.2) is 66.3 Å². The number of para-hydroxylation sites is 1. The average molecular weight is 466 g/mol. The van der Waals surface area contributed by atoms with Gasteiger partial charge in [0.05, 0.1) is 17.4 Å². The molecule has 0 fully saturated rings. The first-order valence-corrected chi connectivity index (χ1v) is 11.6. The lowest BCUT2D eigenvalue weighted by Gasteiger charge is -2.17. The van der Waals surface area contributed by atoms with Gasteiger partial charge in [-0.2, -0.15) is 0 Å². The van der Waals surface area contributed by atoms with E-state index >= 15 is 0 Å². The molecule has 0 aliphatic carbocycles. The van der Waals surface area contributed by atoms with Crippen molar-refractivity contribution in [3.05, 3.63) is 84.0 Å². The van der Waals surface area contributed by atoms with Crippen molar-refractivity contribution in [2.75, 3.05) is 17.2 Å². The molecule has 7 nitrogen and oxygen atoms in total. The number of anilines is 1. The number of thioether (sulfide) groups is 1. The van der Waals surface area contributed by atoms with Crippen molar-refractivity contribution < 1.29 is 14.0 Å². The van der Waals surface area contributed by atoms with E-state index in [1.54, 1.807) is 28.5 Å². The zero-order valence-corrected chi connectivity index (χ0v) is 19.0. The molecule has 0 unspecified atom stereocenters. The second-order valence-corrected chi connectivity index (χ2v) is 8.57. The van der Waals surface area contributed by atoms with Crippen LogP contribution in [0.4, 0.5) is 10.1 Å². The van der Waals surface area contributed by atoms with Crippen molar-refractivity contribution in [2.45, 2.75) is 31.1 Å². The van der Waals surface area contributed by atoms with Crippen LogP contribution >= 0.6 is 11.8 Å². The molecule has 1 aliphatic heterocycles. The molecule has 0 saturated heterocycles. The highest BCUT2D eigenvalue weighted by Crippen LogP contribution is 2.29. The molecule has 4 rings (SSSR count). The van der Waals surface area contributed by atoms with Gasteiger partial charge in [-0.05, 0) is 37.1 Å². The summed E-state index contributed by atoms with van der Waals surface area (Å²) in [6.07, 6.45) is 2.55. The highest BCUT2D eigenvalue weighted by Gasteiger charge is 2.26. The highest BCUT2D eigenvalue weighted by atomic mass is 32.2. The van der Waals surface area contributed by atoms with Crippen LogP contribution in [0.1, 0.15) is 34.7 Å². The quantitative estimate of drug-likeness (QED) is 0.405. The number of nitrogens with zero attached hydrogens (tertiary/aromatic N) is 4. The van der Waals surface area contributed by atoms with E-state index in [0.717, 1.165) is 12.1 Å². The van der Waals surface area contributed by atoms with E-state index in [2.05, 4.69) is 22.1 Å². The summed E-state index contributed by atoms with van der Waals surface area (Å²) < 4.78 is 15.7. The molecular formula is C24H24FN5O2S. The first kappa shape index (κ1) is 22.7. The Morgan fingerprint density at radius 1 is 1.21 bits per heavy atom. The van der Waals surface area contributed by atoms with Gasteiger partial charge in [-0.3, -0.25) is 9.59 Å². The molecule has 0 bridgehead atoms. The van der Waals surface area contributed by atoms with Crippen LogP contribution in [0, 0.1) is 5.82 Å². The van der Waals surface area contributed by atoms with Crippen molar-refractivity contribution in [1.82, 2.24) is 20.1 Å². The lowest BCUT2D eigenvalue weighted by atomic mass is 10.2. The van der Waals surface area contributed by atoms with Gasteiger partial charge in [0.15, 0.2) is 11.0 Å². The van der Waals surface area contributed by atoms with Gasteiger partial charge >= 0.3 is 0 Å². The Labute approximate surface area is 195 Å². The monoisotopic (exact) mass is 465 g/mol. The van der Waals surface area contributed by atoms with Gasteiger partial charge in [-0.1, -0.05) is 48.2 Å². The number of hydrogen-bond acceptors (Lipinski definition) is 5. The number of rotatable bonds is 8. The third-order valence-electron chi connectivity index (χ3n) is 5.42. The molecule has 2 heterocycles. The molecule has 9 heteroatoms. The van der Waals surface area contributed by atoms with Gasteiger partial charge in [0.2, 0.25) is 5.91 Å². The predicted octanol–water partition coefficient (Wildman–Crippen LogP) is 3.78. The van der Waals surface area contributed by atoms with E-state index in [-0.39, 0.29) is 17.2 Å². The van der Waals surface area contributed by atoms with Crippen LogP contribution in [0.2, 0.25) is 0 Å².